The van der Waals surface area contributed by atoms with Crippen LogP contribution in [0.4, 0.5) is 0 Å². The number of hydrogen-bond acceptors (Lipinski definition) is 4. The number of sulfonamides is 1. The molecule has 0 aromatic carbocycles. The Morgan fingerprint density at radius 3 is 2.38 bits per heavy atom. The van der Waals surface area contributed by atoms with E-state index in [1.54, 1.807) is 18.7 Å². The molecule has 1 saturated heterocycles. The van der Waals surface area contributed by atoms with Gasteiger partial charge in [0, 0.05) is 19.5 Å². The van der Waals surface area contributed by atoms with Crippen LogP contribution in [0.3, 0.4) is 0 Å². The zero-order valence-electron chi connectivity index (χ0n) is 16.7. The average Bonchev–Trinajstić information content (AvgIpc) is 2.60. The maximum absolute atomic E-state index is 12.1. The molecular formula is C19H36N2O4S. The summed E-state index contributed by atoms with van der Waals surface area (Å²) in [4.78, 5) is 13.8. The Balaban J connectivity index is 1.97. The average molecular weight is 389 g/mol. The summed E-state index contributed by atoms with van der Waals surface area (Å²) < 4.78 is 33.0. The van der Waals surface area contributed by atoms with Crippen LogP contribution in [0.2, 0.25) is 0 Å². The van der Waals surface area contributed by atoms with E-state index in [1.807, 2.05) is 0 Å². The molecule has 2 atom stereocenters. The van der Waals surface area contributed by atoms with Crippen LogP contribution in [0.5, 0.6) is 0 Å². The minimum atomic E-state index is -3.30. The SMILES string of the molecule is CCS(=O)(=O)N[C@@H]1CCCN(C(C)=O)[C@H]1COC1CCC(C(C)C)CC1. The van der Waals surface area contributed by atoms with Gasteiger partial charge in [-0.05, 0) is 57.3 Å². The number of piperidine rings is 1. The molecule has 0 bridgehead atoms. The van der Waals surface area contributed by atoms with E-state index in [0.717, 1.165) is 37.5 Å². The number of amides is 1. The minimum Gasteiger partial charge on any atom is -0.376 e. The van der Waals surface area contributed by atoms with Gasteiger partial charge in [0.2, 0.25) is 15.9 Å². The maximum atomic E-state index is 12.1. The van der Waals surface area contributed by atoms with Crippen molar-refractivity contribution >= 4 is 15.9 Å². The number of carbonyl (C=O) groups is 1. The van der Waals surface area contributed by atoms with Gasteiger partial charge in [0.25, 0.3) is 0 Å². The van der Waals surface area contributed by atoms with Gasteiger partial charge in [-0.1, -0.05) is 13.8 Å². The second-order valence-corrected chi connectivity index (χ2v) is 10.2. The molecule has 1 amide bonds. The van der Waals surface area contributed by atoms with E-state index in [1.165, 1.54) is 12.8 Å². The van der Waals surface area contributed by atoms with Crippen molar-refractivity contribution < 1.29 is 17.9 Å². The fraction of sp³-hybridized carbons (Fsp3) is 0.947. The van der Waals surface area contributed by atoms with Crippen molar-refractivity contribution in [3.8, 4) is 0 Å². The van der Waals surface area contributed by atoms with Gasteiger partial charge in [0.1, 0.15) is 0 Å². The van der Waals surface area contributed by atoms with Gasteiger partial charge >= 0.3 is 0 Å². The van der Waals surface area contributed by atoms with Crippen LogP contribution in [0.25, 0.3) is 0 Å². The van der Waals surface area contributed by atoms with Crippen LogP contribution >= 0.6 is 0 Å². The van der Waals surface area contributed by atoms with Gasteiger partial charge in [-0.2, -0.15) is 0 Å². The van der Waals surface area contributed by atoms with Crippen molar-refractivity contribution in [1.29, 1.82) is 0 Å². The number of rotatable bonds is 7. The Morgan fingerprint density at radius 2 is 1.85 bits per heavy atom. The molecule has 1 heterocycles. The smallest absolute Gasteiger partial charge is 0.219 e. The fourth-order valence-corrected chi connectivity index (χ4v) is 5.16. The first-order chi connectivity index (χ1) is 12.2. The highest BCUT2D eigenvalue weighted by molar-refractivity contribution is 7.89. The van der Waals surface area contributed by atoms with Crippen molar-refractivity contribution in [2.24, 2.45) is 11.8 Å². The van der Waals surface area contributed by atoms with Crippen molar-refractivity contribution in [2.75, 3.05) is 18.9 Å². The molecular weight excluding hydrogens is 352 g/mol. The number of nitrogens with zero attached hydrogens (tertiary/aromatic N) is 1. The number of nitrogens with one attached hydrogen (secondary N) is 1. The van der Waals surface area contributed by atoms with E-state index < -0.39 is 10.0 Å². The molecule has 2 rings (SSSR count). The van der Waals surface area contributed by atoms with Crippen LogP contribution in [0, 0.1) is 11.8 Å². The summed E-state index contributed by atoms with van der Waals surface area (Å²) in [5.74, 6) is 1.54. The summed E-state index contributed by atoms with van der Waals surface area (Å²) in [5.41, 5.74) is 0. The lowest BCUT2D eigenvalue weighted by Gasteiger charge is -2.42. The summed E-state index contributed by atoms with van der Waals surface area (Å²) in [6, 6.07) is -0.477. The minimum absolute atomic E-state index is 0.0116. The van der Waals surface area contributed by atoms with Crippen molar-refractivity contribution in [3.05, 3.63) is 0 Å². The highest BCUT2D eigenvalue weighted by Crippen LogP contribution is 2.31. The first-order valence-electron chi connectivity index (χ1n) is 10.1. The van der Waals surface area contributed by atoms with Gasteiger partial charge < -0.3 is 9.64 Å². The summed E-state index contributed by atoms with van der Waals surface area (Å²) in [7, 11) is -3.30. The fourth-order valence-electron chi connectivity index (χ4n) is 4.26. The van der Waals surface area contributed by atoms with Crippen molar-refractivity contribution in [2.45, 2.75) is 84.4 Å². The molecule has 0 aromatic heterocycles. The van der Waals surface area contributed by atoms with Crippen LogP contribution in [-0.2, 0) is 19.6 Å². The molecule has 0 aromatic rings. The van der Waals surface area contributed by atoms with Gasteiger partial charge in [0.05, 0.1) is 24.5 Å². The molecule has 1 N–H and O–H groups in total. The maximum Gasteiger partial charge on any atom is 0.219 e. The molecule has 0 radical (unpaired) electrons. The lowest BCUT2D eigenvalue weighted by molar-refractivity contribution is -0.136. The lowest BCUT2D eigenvalue weighted by atomic mass is 9.80. The Morgan fingerprint density at radius 1 is 1.19 bits per heavy atom. The predicted octanol–water partition coefficient (Wildman–Crippen LogP) is 2.54. The molecule has 6 nitrogen and oxygen atoms in total. The second kappa shape index (κ2) is 9.51. The third kappa shape index (κ3) is 5.92. The molecule has 1 aliphatic carbocycles. The van der Waals surface area contributed by atoms with Crippen molar-refractivity contribution in [1.82, 2.24) is 9.62 Å². The first-order valence-corrected chi connectivity index (χ1v) is 11.8. The normalized spacial score (nSPS) is 30.6. The van der Waals surface area contributed by atoms with Gasteiger partial charge in [-0.3, -0.25) is 4.79 Å². The third-order valence-corrected chi connectivity index (χ3v) is 7.48. The number of ether oxygens (including phenoxy) is 1. The molecule has 2 aliphatic rings. The summed E-state index contributed by atoms with van der Waals surface area (Å²) in [6.07, 6.45) is 6.28. The third-order valence-electron chi connectivity index (χ3n) is 6.06. The Bertz CT molecular complexity index is 556. The van der Waals surface area contributed by atoms with E-state index in [2.05, 4.69) is 18.6 Å². The van der Waals surface area contributed by atoms with E-state index in [-0.39, 0.29) is 29.8 Å². The topological polar surface area (TPSA) is 75.7 Å². The standard InChI is InChI=1S/C19H36N2O4S/c1-5-26(23,24)20-18-7-6-12-21(15(4)22)19(18)13-25-17-10-8-16(9-11-17)14(2)3/h14,16-20H,5-13H2,1-4H3/t16?,17?,18-,19+/m1/s1. The van der Waals surface area contributed by atoms with E-state index in [9.17, 15) is 13.2 Å². The van der Waals surface area contributed by atoms with Gasteiger partial charge in [-0.25, -0.2) is 13.1 Å². The van der Waals surface area contributed by atoms with E-state index in [4.69, 9.17) is 4.74 Å². The molecule has 2 fully saturated rings. The molecule has 7 heteroatoms. The highest BCUT2D eigenvalue weighted by atomic mass is 32.2. The molecule has 0 unspecified atom stereocenters. The summed E-state index contributed by atoms with van der Waals surface area (Å²) in [6.45, 7) is 8.83. The Hall–Kier alpha value is -0.660. The number of hydrogen-bond donors (Lipinski definition) is 1. The van der Waals surface area contributed by atoms with Crippen LogP contribution in [-0.4, -0.2) is 56.3 Å². The van der Waals surface area contributed by atoms with Crippen molar-refractivity contribution in [3.63, 3.8) is 0 Å². The van der Waals surface area contributed by atoms with E-state index in [0.29, 0.717) is 13.2 Å². The monoisotopic (exact) mass is 388 g/mol. The molecule has 152 valence electrons. The predicted molar refractivity (Wildman–Crippen MR) is 103 cm³/mol. The van der Waals surface area contributed by atoms with Crippen LogP contribution < -0.4 is 4.72 Å². The summed E-state index contributed by atoms with van der Waals surface area (Å²) >= 11 is 0. The van der Waals surface area contributed by atoms with Crippen LogP contribution in [0.1, 0.15) is 66.2 Å². The largest absolute Gasteiger partial charge is 0.376 e. The molecule has 1 saturated carbocycles. The Labute approximate surface area is 159 Å². The summed E-state index contributed by atoms with van der Waals surface area (Å²) in [5, 5.41) is 0. The lowest BCUT2D eigenvalue weighted by Crippen LogP contribution is -2.58. The van der Waals surface area contributed by atoms with Crippen LogP contribution in [0.15, 0.2) is 0 Å². The van der Waals surface area contributed by atoms with E-state index >= 15 is 0 Å². The zero-order chi connectivity index (χ0) is 19.3. The highest BCUT2D eigenvalue weighted by Gasteiger charge is 2.36. The zero-order valence-corrected chi connectivity index (χ0v) is 17.6. The quantitative estimate of drug-likeness (QED) is 0.727. The first kappa shape index (κ1) is 21.6. The number of likely N-dealkylation sites (tertiary alicyclic amines) is 1. The molecule has 1 aliphatic heterocycles. The second-order valence-electron chi connectivity index (χ2n) is 8.16. The van der Waals surface area contributed by atoms with Gasteiger partial charge in [-0.15, -0.1) is 0 Å². The number of carbonyl (C=O) groups excluding carboxylic acids is 1. The molecule has 0 spiro atoms. The Kier molecular flexibility index (Phi) is 7.91. The molecule has 26 heavy (non-hydrogen) atoms. The van der Waals surface area contributed by atoms with Gasteiger partial charge in [0.15, 0.2) is 0 Å².